The van der Waals surface area contributed by atoms with Crippen molar-refractivity contribution in [3.63, 3.8) is 0 Å². The lowest BCUT2D eigenvalue weighted by molar-refractivity contribution is 0.145. The van der Waals surface area contributed by atoms with Crippen LogP contribution in [0.25, 0.3) is 28.3 Å². The van der Waals surface area contributed by atoms with E-state index in [2.05, 4.69) is 25.8 Å². The van der Waals surface area contributed by atoms with Crippen LogP contribution in [0, 0.1) is 5.82 Å². The first-order chi connectivity index (χ1) is 21.6. The van der Waals surface area contributed by atoms with Gasteiger partial charge >= 0.3 is 0 Å². The molecule has 2 aliphatic heterocycles. The number of hydrogen-bond acceptors (Lipinski definition) is 7. The number of halogens is 1. The van der Waals surface area contributed by atoms with E-state index in [1.165, 1.54) is 6.07 Å². The van der Waals surface area contributed by atoms with Gasteiger partial charge < -0.3 is 14.9 Å². The lowest BCUT2D eigenvalue weighted by Crippen LogP contribution is -2.36. The van der Waals surface area contributed by atoms with Crippen LogP contribution in [0.15, 0.2) is 79.1 Å². The number of rotatable bonds is 5. The highest BCUT2D eigenvalue weighted by Gasteiger charge is 2.28. The number of aliphatic hydroxyl groups excluding tert-OH is 1. The summed E-state index contributed by atoms with van der Waals surface area (Å²) in [6, 6.07) is 20.9. The number of aromatic nitrogens is 5. The Balaban J connectivity index is 0.000000924. The maximum absolute atomic E-state index is 14.0. The third kappa shape index (κ3) is 6.58. The van der Waals surface area contributed by atoms with Gasteiger partial charge in [-0.05, 0) is 79.8 Å². The van der Waals surface area contributed by atoms with Gasteiger partial charge in [0.05, 0.1) is 29.7 Å². The summed E-state index contributed by atoms with van der Waals surface area (Å²) in [6.45, 7) is 10.4. The highest BCUT2D eigenvalue weighted by Crippen LogP contribution is 2.36. The predicted molar refractivity (Wildman–Crippen MR) is 175 cm³/mol. The van der Waals surface area contributed by atoms with E-state index < -0.39 is 0 Å². The molecule has 1 unspecified atom stereocenters. The molecule has 0 radical (unpaired) electrons. The second-order valence-corrected chi connectivity index (χ2v) is 10.5. The lowest BCUT2D eigenvalue weighted by atomic mass is 10.0. The Morgan fingerprint density at radius 1 is 0.795 bits per heavy atom. The number of imidazole rings is 1. The van der Waals surface area contributed by atoms with E-state index in [1.807, 2.05) is 87.1 Å². The first-order valence-corrected chi connectivity index (χ1v) is 15.9. The number of nitrogens with zero attached hydrogens (tertiary/aromatic N) is 7. The summed E-state index contributed by atoms with van der Waals surface area (Å²) in [5.74, 6) is 1.52. The van der Waals surface area contributed by atoms with Crippen molar-refractivity contribution in [1.29, 1.82) is 0 Å². The van der Waals surface area contributed by atoms with E-state index >= 15 is 0 Å². The van der Waals surface area contributed by atoms with E-state index in [0.29, 0.717) is 0 Å². The fraction of sp³-hybridized carbons (Fsp3) is 0.371. The van der Waals surface area contributed by atoms with Crippen LogP contribution in [0.1, 0.15) is 65.0 Å². The van der Waals surface area contributed by atoms with E-state index in [4.69, 9.17) is 10.1 Å². The second-order valence-electron chi connectivity index (χ2n) is 10.5. The zero-order chi connectivity index (χ0) is 31.1. The van der Waals surface area contributed by atoms with Crippen LogP contribution in [0.5, 0.6) is 0 Å². The van der Waals surface area contributed by atoms with Crippen molar-refractivity contribution in [2.75, 3.05) is 29.4 Å². The molecule has 1 N–H and O–H groups in total. The maximum Gasteiger partial charge on any atom is 0.154 e. The Morgan fingerprint density at radius 2 is 1.57 bits per heavy atom. The van der Waals surface area contributed by atoms with Crippen LogP contribution in [0.2, 0.25) is 0 Å². The van der Waals surface area contributed by atoms with Crippen molar-refractivity contribution in [2.24, 2.45) is 0 Å². The molecule has 2 saturated heterocycles. The van der Waals surface area contributed by atoms with Gasteiger partial charge in [-0.2, -0.15) is 0 Å². The van der Waals surface area contributed by atoms with Gasteiger partial charge in [-0.1, -0.05) is 45.9 Å². The summed E-state index contributed by atoms with van der Waals surface area (Å²) in [5, 5.41) is 14.9. The highest BCUT2D eigenvalue weighted by atomic mass is 19.1. The standard InChI is InChI=1S/C31H30FN7O.2C2H6/c32-23-5-1-4-22(18-23)27-8-3-15-38(27)30-10-9-29-34-20-28(39(29)36-30)26-7-2-6-25(35-26)21-11-14-33-31(19-21)37-16-12-24(40)13-17-37;2*1-2/h1-2,4-7,9-11,14,18-20,24,27,40H,3,8,12-13,15-17H2;2*1-2H3. The molecule has 0 aliphatic carbocycles. The number of fused-ring (bicyclic) bond motifs is 1. The minimum Gasteiger partial charge on any atom is -0.393 e. The van der Waals surface area contributed by atoms with Gasteiger partial charge in [-0.3, -0.25) is 0 Å². The Morgan fingerprint density at radius 3 is 2.36 bits per heavy atom. The summed E-state index contributed by atoms with van der Waals surface area (Å²) in [6.07, 6.45) is 6.88. The number of piperidine rings is 1. The fourth-order valence-corrected chi connectivity index (χ4v) is 5.88. The van der Waals surface area contributed by atoms with Crippen LogP contribution in [0.4, 0.5) is 16.0 Å². The molecule has 5 aromatic rings. The maximum atomic E-state index is 14.0. The normalized spacial score (nSPS) is 16.7. The molecule has 7 rings (SSSR count). The Kier molecular flexibility index (Phi) is 10.2. The highest BCUT2D eigenvalue weighted by molar-refractivity contribution is 5.68. The summed E-state index contributed by atoms with van der Waals surface area (Å²) in [4.78, 5) is 18.6. The van der Waals surface area contributed by atoms with Crippen LogP contribution in [0.3, 0.4) is 0 Å². The molecule has 4 aromatic heterocycles. The molecule has 1 atom stereocenters. The quantitative estimate of drug-likeness (QED) is 0.228. The molecule has 6 heterocycles. The number of anilines is 2. The number of hydrogen-bond donors (Lipinski definition) is 1. The van der Waals surface area contributed by atoms with Crippen molar-refractivity contribution in [1.82, 2.24) is 24.6 Å². The van der Waals surface area contributed by atoms with Crippen molar-refractivity contribution < 1.29 is 9.50 Å². The van der Waals surface area contributed by atoms with E-state index in [0.717, 1.165) is 90.8 Å². The molecule has 1 aromatic carbocycles. The molecular weight excluding hydrogens is 553 g/mol. The minimum atomic E-state index is -0.227. The van der Waals surface area contributed by atoms with Gasteiger partial charge in [0, 0.05) is 31.4 Å². The molecule has 0 spiro atoms. The van der Waals surface area contributed by atoms with E-state index in [9.17, 15) is 9.50 Å². The summed E-state index contributed by atoms with van der Waals surface area (Å²) in [5.41, 5.74) is 5.12. The predicted octanol–water partition coefficient (Wildman–Crippen LogP) is 7.35. The zero-order valence-electron chi connectivity index (χ0n) is 26.1. The Labute approximate surface area is 259 Å². The topological polar surface area (TPSA) is 82.7 Å². The zero-order valence-corrected chi connectivity index (χ0v) is 26.1. The fourth-order valence-electron chi connectivity index (χ4n) is 5.88. The average Bonchev–Trinajstić information content (AvgIpc) is 3.75. The van der Waals surface area contributed by atoms with Gasteiger partial charge in [-0.25, -0.2) is 23.9 Å². The van der Waals surface area contributed by atoms with Crippen LogP contribution in [-0.4, -0.2) is 55.4 Å². The van der Waals surface area contributed by atoms with Gasteiger partial charge in [0.15, 0.2) is 5.65 Å². The van der Waals surface area contributed by atoms with Crippen molar-refractivity contribution >= 4 is 17.3 Å². The molecule has 0 amide bonds. The lowest BCUT2D eigenvalue weighted by Gasteiger charge is -2.30. The van der Waals surface area contributed by atoms with Crippen LogP contribution < -0.4 is 9.80 Å². The van der Waals surface area contributed by atoms with Gasteiger partial charge in [0.2, 0.25) is 0 Å². The number of aliphatic hydroxyl groups is 1. The Bertz CT molecular complexity index is 1660. The molecule has 0 saturated carbocycles. The summed E-state index contributed by atoms with van der Waals surface area (Å²) < 4.78 is 15.8. The minimum absolute atomic E-state index is 0.0816. The second kappa shape index (κ2) is 14.4. The molecule has 2 aliphatic rings. The monoisotopic (exact) mass is 595 g/mol. The molecule has 9 heteroatoms. The third-order valence-electron chi connectivity index (χ3n) is 7.97. The van der Waals surface area contributed by atoms with Crippen molar-refractivity contribution in [3.8, 4) is 22.6 Å². The van der Waals surface area contributed by atoms with Gasteiger partial charge in [-0.15, -0.1) is 5.10 Å². The summed E-state index contributed by atoms with van der Waals surface area (Å²) >= 11 is 0. The first kappa shape index (κ1) is 31.1. The molecule has 2 fully saturated rings. The SMILES string of the molecule is CC.CC.OC1CCN(c2cc(-c3cccc(-c4cnc5ccc(N6CCCC6c6cccc(F)c6)nn45)n3)ccn2)CC1. The van der Waals surface area contributed by atoms with Gasteiger partial charge in [0.1, 0.15) is 23.1 Å². The first-order valence-electron chi connectivity index (χ1n) is 15.9. The smallest absolute Gasteiger partial charge is 0.154 e. The molecule has 8 nitrogen and oxygen atoms in total. The molecule has 44 heavy (non-hydrogen) atoms. The van der Waals surface area contributed by atoms with E-state index in [1.54, 1.807) is 12.1 Å². The van der Waals surface area contributed by atoms with Crippen LogP contribution >= 0.6 is 0 Å². The Hall–Kier alpha value is -4.37. The van der Waals surface area contributed by atoms with Crippen LogP contribution in [-0.2, 0) is 0 Å². The van der Waals surface area contributed by atoms with Crippen molar-refractivity contribution in [3.05, 3.63) is 90.5 Å². The third-order valence-corrected chi connectivity index (χ3v) is 7.97. The summed E-state index contributed by atoms with van der Waals surface area (Å²) in [7, 11) is 0. The average molecular weight is 596 g/mol. The van der Waals surface area contributed by atoms with Gasteiger partial charge in [0.25, 0.3) is 0 Å². The van der Waals surface area contributed by atoms with E-state index in [-0.39, 0.29) is 18.0 Å². The molecule has 230 valence electrons. The molecular formula is C35H42FN7O. The number of pyridine rings is 2. The number of benzene rings is 1. The molecule has 0 bridgehead atoms. The van der Waals surface area contributed by atoms with Crippen molar-refractivity contribution in [2.45, 2.75) is 65.5 Å². The largest absolute Gasteiger partial charge is 0.393 e.